The Bertz CT molecular complexity index is 1910. The van der Waals surface area contributed by atoms with E-state index in [4.69, 9.17) is 9.47 Å². The number of ether oxygens (including phenoxy) is 2. The smallest absolute Gasteiger partial charge is 0.410 e. The number of carbonyl (C=O) groups is 5. The Labute approximate surface area is 323 Å². The molecule has 3 N–H and O–H groups in total. The van der Waals surface area contributed by atoms with Gasteiger partial charge in [0.2, 0.25) is 17.7 Å². The Hall–Kier alpha value is -5.39. The Morgan fingerprint density at radius 2 is 1.62 bits per heavy atom. The molecule has 3 aromatic rings. The van der Waals surface area contributed by atoms with Crippen molar-refractivity contribution in [3.05, 3.63) is 100 Å². The molecule has 0 fully saturated rings. The van der Waals surface area contributed by atoms with E-state index in [2.05, 4.69) is 16.7 Å². The summed E-state index contributed by atoms with van der Waals surface area (Å²) >= 11 is 0. The normalized spacial score (nSPS) is 17.8. The van der Waals surface area contributed by atoms with Gasteiger partial charge in [-0.1, -0.05) is 63.2 Å². The van der Waals surface area contributed by atoms with Crippen LogP contribution in [0, 0.1) is 5.41 Å². The minimum atomic E-state index is -1.05. The second-order valence-electron chi connectivity index (χ2n) is 16.6. The molecule has 4 atom stereocenters. The number of aromatic carboxylic acids is 1. The molecular formula is C43H54N4O8. The topological polar surface area (TPSA) is 155 Å². The third-order valence-corrected chi connectivity index (χ3v) is 10.2. The molecule has 2 aliphatic rings. The van der Waals surface area contributed by atoms with Gasteiger partial charge in [-0.25, -0.2) is 9.59 Å². The molecule has 1 aliphatic heterocycles. The van der Waals surface area contributed by atoms with Gasteiger partial charge in [-0.2, -0.15) is 0 Å². The highest BCUT2D eigenvalue weighted by Crippen LogP contribution is 2.33. The molecule has 1 heterocycles. The maximum absolute atomic E-state index is 14.8. The minimum Gasteiger partial charge on any atom is -0.489 e. The Morgan fingerprint density at radius 1 is 0.927 bits per heavy atom. The van der Waals surface area contributed by atoms with E-state index in [1.807, 2.05) is 57.2 Å². The molecule has 0 spiro atoms. The second-order valence-corrected chi connectivity index (χ2v) is 16.6. The van der Waals surface area contributed by atoms with Gasteiger partial charge in [-0.3, -0.25) is 19.3 Å². The predicted molar refractivity (Wildman–Crippen MR) is 207 cm³/mol. The highest BCUT2D eigenvalue weighted by Gasteiger charge is 2.43. The van der Waals surface area contributed by atoms with Crippen LogP contribution in [0.5, 0.6) is 5.75 Å². The summed E-state index contributed by atoms with van der Waals surface area (Å²) < 4.78 is 11.6. The Balaban J connectivity index is 1.42. The zero-order chi connectivity index (χ0) is 40.2. The molecule has 0 unspecified atom stereocenters. The van der Waals surface area contributed by atoms with Crippen LogP contribution >= 0.6 is 0 Å². The Morgan fingerprint density at radius 3 is 2.27 bits per heavy atom. The van der Waals surface area contributed by atoms with E-state index >= 15 is 0 Å². The zero-order valence-corrected chi connectivity index (χ0v) is 33.1. The fraction of sp³-hybridized carbons (Fsp3) is 0.465. The molecule has 1 aliphatic carbocycles. The van der Waals surface area contributed by atoms with E-state index in [0.29, 0.717) is 5.75 Å². The van der Waals surface area contributed by atoms with Crippen LogP contribution in [0.4, 0.5) is 4.79 Å². The summed E-state index contributed by atoms with van der Waals surface area (Å²) in [5.74, 6) is -1.69. The van der Waals surface area contributed by atoms with E-state index < -0.39 is 53.0 Å². The number of fused-ring (bicyclic) bond motifs is 2. The molecule has 294 valence electrons. The summed E-state index contributed by atoms with van der Waals surface area (Å²) in [6, 6.07) is 17.1. The van der Waals surface area contributed by atoms with Crippen molar-refractivity contribution in [2.24, 2.45) is 5.41 Å². The molecule has 0 saturated carbocycles. The predicted octanol–water partition coefficient (Wildman–Crippen LogP) is 6.20. The average molecular weight is 755 g/mol. The summed E-state index contributed by atoms with van der Waals surface area (Å²) in [6.07, 6.45) is 2.23. The standard InChI is InChI=1S/C43H54N4O8/c1-26(46(8)41(53)55-43(5,6)7)37(48)45-36(42(2,3)4)39(50)47-24-31-22-32(54-25-27-16-18-29(19-17-27)40(51)52)21-20-30(31)23-35(47)38(49)44-34-15-11-13-28-12-9-10-14-33(28)34/h9-10,12,14,16-22,26,34-36H,11,13,15,23-25H2,1-8H3,(H,44,49)(H,45,48)(H,51,52)/t26-,34+,35-,36+/m0/s1. The fourth-order valence-corrected chi connectivity index (χ4v) is 6.94. The van der Waals surface area contributed by atoms with Crippen LogP contribution < -0.4 is 15.4 Å². The van der Waals surface area contributed by atoms with E-state index in [1.54, 1.807) is 44.7 Å². The van der Waals surface area contributed by atoms with Crippen molar-refractivity contribution in [1.29, 1.82) is 0 Å². The van der Waals surface area contributed by atoms with Crippen molar-refractivity contribution >= 4 is 29.8 Å². The third kappa shape index (κ3) is 10.0. The Kier molecular flexibility index (Phi) is 12.3. The van der Waals surface area contributed by atoms with Crippen LogP contribution in [-0.2, 0) is 45.1 Å². The molecule has 0 aromatic heterocycles. The maximum atomic E-state index is 14.8. The molecule has 3 aromatic carbocycles. The third-order valence-electron chi connectivity index (χ3n) is 10.2. The first-order valence-electron chi connectivity index (χ1n) is 18.8. The van der Waals surface area contributed by atoms with Gasteiger partial charge < -0.3 is 30.1 Å². The highest BCUT2D eigenvalue weighted by atomic mass is 16.6. The number of carboxylic acids is 1. The molecule has 5 rings (SSSR count). The number of rotatable bonds is 10. The van der Waals surface area contributed by atoms with Crippen LogP contribution in [0.2, 0.25) is 0 Å². The monoisotopic (exact) mass is 754 g/mol. The number of hydrogen-bond donors (Lipinski definition) is 3. The van der Waals surface area contributed by atoms with E-state index in [9.17, 15) is 29.1 Å². The van der Waals surface area contributed by atoms with Crippen LogP contribution in [-0.4, -0.2) is 75.5 Å². The summed E-state index contributed by atoms with van der Waals surface area (Å²) in [5.41, 5.74) is 3.42. The minimum absolute atomic E-state index is 0.0911. The lowest BCUT2D eigenvalue weighted by Crippen LogP contribution is -2.62. The zero-order valence-electron chi connectivity index (χ0n) is 33.1. The molecule has 4 amide bonds. The summed E-state index contributed by atoms with van der Waals surface area (Å²) in [5, 5.41) is 15.4. The molecule has 0 radical (unpaired) electrons. The summed E-state index contributed by atoms with van der Waals surface area (Å²) in [7, 11) is 1.47. The van der Waals surface area contributed by atoms with Gasteiger partial charge in [0.05, 0.1) is 11.6 Å². The lowest BCUT2D eigenvalue weighted by atomic mass is 9.83. The number of carbonyl (C=O) groups excluding carboxylic acids is 4. The number of nitrogens with zero attached hydrogens (tertiary/aromatic N) is 2. The first kappa shape index (κ1) is 40.8. The van der Waals surface area contributed by atoms with Crippen molar-refractivity contribution in [2.75, 3.05) is 7.05 Å². The average Bonchev–Trinajstić information content (AvgIpc) is 3.13. The summed E-state index contributed by atoms with van der Waals surface area (Å²) in [6.45, 7) is 12.6. The van der Waals surface area contributed by atoms with Gasteiger partial charge in [-0.05, 0) is 104 Å². The molecular weight excluding hydrogens is 700 g/mol. The van der Waals surface area contributed by atoms with Crippen molar-refractivity contribution < 1.29 is 38.6 Å². The van der Waals surface area contributed by atoms with Gasteiger partial charge in [0, 0.05) is 20.0 Å². The number of likely N-dealkylation sites (N-methyl/N-ethyl adjacent to an activating group) is 1. The van der Waals surface area contributed by atoms with Crippen LogP contribution in [0.25, 0.3) is 0 Å². The van der Waals surface area contributed by atoms with Crippen LogP contribution in [0.3, 0.4) is 0 Å². The van der Waals surface area contributed by atoms with Gasteiger partial charge >= 0.3 is 12.1 Å². The van der Waals surface area contributed by atoms with Crippen molar-refractivity contribution in [3.8, 4) is 5.75 Å². The second kappa shape index (κ2) is 16.5. The first-order valence-corrected chi connectivity index (χ1v) is 18.8. The van der Waals surface area contributed by atoms with Crippen LogP contribution in [0.15, 0.2) is 66.7 Å². The largest absolute Gasteiger partial charge is 0.489 e. The number of hydrogen-bond acceptors (Lipinski definition) is 7. The number of amides is 4. The molecule has 55 heavy (non-hydrogen) atoms. The number of nitrogens with one attached hydrogen (secondary N) is 2. The van der Waals surface area contributed by atoms with Gasteiger partial charge in [0.25, 0.3) is 0 Å². The SMILES string of the molecule is C[C@@H](C(=O)N[C@H](C(=O)N1Cc2cc(OCc3ccc(C(=O)O)cc3)ccc2C[C@H]1C(=O)N[C@@H]1CCCc2ccccc21)C(C)(C)C)N(C)C(=O)OC(C)(C)C. The van der Waals surface area contributed by atoms with E-state index in [1.165, 1.54) is 29.6 Å². The van der Waals surface area contributed by atoms with Gasteiger partial charge in [-0.15, -0.1) is 0 Å². The molecule has 0 bridgehead atoms. The van der Waals surface area contributed by atoms with E-state index in [0.717, 1.165) is 41.5 Å². The quantitative estimate of drug-likeness (QED) is 0.221. The number of carboxylic acid groups (broad SMARTS) is 1. The molecule has 0 saturated heterocycles. The maximum Gasteiger partial charge on any atom is 0.410 e. The van der Waals surface area contributed by atoms with Gasteiger partial charge in [0.1, 0.15) is 36.1 Å². The van der Waals surface area contributed by atoms with Crippen LogP contribution in [0.1, 0.15) is 106 Å². The number of aryl methyl sites for hydroxylation is 1. The molecule has 12 heteroatoms. The van der Waals surface area contributed by atoms with E-state index in [-0.39, 0.29) is 37.1 Å². The fourth-order valence-electron chi connectivity index (χ4n) is 6.94. The molecule has 12 nitrogen and oxygen atoms in total. The number of benzene rings is 3. The van der Waals surface area contributed by atoms with Gasteiger partial charge in [0.15, 0.2) is 0 Å². The van der Waals surface area contributed by atoms with Crippen molar-refractivity contribution in [3.63, 3.8) is 0 Å². The lowest BCUT2D eigenvalue weighted by Gasteiger charge is -2.42. The van der Waals surface area contributed by atoms with Crippen molar-refractivity contribution in [1.82, 2.24) is 20.4 Å². The lowest BCUT2D eigenvalue weighted by molar-refractivity contribution is -0.147. The first-order chi connectivity index (χ1) is 25.8. The highest BCUT2D eigenvalue weighted by molar-refractivity contribution is 5.95. The van der Waals surface area contributed by atoms with Crippen molar-refractivity contribution in [2.45, 2.75) is 117 Å². The summed E-state index contributed by atoms with van der Waals surface area (Å²) in [4.78, 5) is 69.7.